The molecule has 4 amide bonds. The fraction of sp³-hybridized carbons (Fsp3) is 0.366. The Bertz CT molecular complexity index is 1830. The van der Waals surface area contributed by atoms with Gasteiger partial charge in [0.2, 0.25) is 17.7 Å². The molecule has 0 aromatic heterocycles. The normalized spacial score (nSPS) is 18.2. The molecule has 1 aliphatic rings. The molecule has 0 spiro atoms. The van der Waals surface area contributed by atoms with Crippen molar-refractivity contribution in [2.45, 2.75) is 86.4 Å². The van der Waals surface area contributed by atoms with Gasteiger partial charge in [-0.2, -0.15) is 0 Å². The van der Waals surface area contributed by atoms with Crippen LogP contribution in [0.15, 0.2) is 108 Å². The highest BCUT2D eigenvalue weighted by atomic mass is 32.2. The largest absolute Gasteiger partial charge is 0.390 e. The molecule has 1 aliphatic heterocycles. The predicted molar refractivity (Wildman–Crippen MR) is 206 cm³/mol. The summed E-state index contributed by atoms with van der Waals surface area (Å²) in [5, 5.41) is 22.1. The molecule has 4 aromatic rings. The monoisotopic (exact) mass is 723 g/mol. The standard InChI is InChI=1S/C41H49N5O5S/c1-41(2,3)45-40(51)35-24-32(52-31-16-8-5-9-17-31)20-21-46(35)26-36(47)34(22-27-12-6-4-7-13-27)43-39(50)33(42)25-37(48)44-38(49)30-19-18-28-14-10-11-15-29(28)23-30/h4-19,23,32-36,47H,20-22,24-26,42H2,1-3H3,(H,43,50)(H,45,51)(H,44,48,49)/t32?,33-,34?,35?,36?/m0/s1. The summed E-state index contributed by atoms with van der Waals surface area (Å²) in [6.45, 7) is 6.55. The van der Waals surface area contributed by atoms with Crippen LogP contribution in [0, 0.1) is 0 Å². The van der Waals surface area contributed by atoms with Crippen molar-refractivity contribution in [3.63, 3.8) is 0 Å². The van der Waals surface area contributed by atoms with Crippen molar-refractivity contribution < 1.29 is 24.3 Å². The number of nitrogens with zero attached hydrogens (tertiary/aromatic N) is 1. The van der Waals surface area contributed by atoms with E-state index in [9.17, 15) is 24.3 Å². The van der Waals surface area contributed by atoms with Crippen molar-refractivity contribution in [1.29, 1.82) is 0 Å². The fourth-order valence-corrected chi connectivity index (χ4v) is 7.61. The second-order valence-corrected chi connectivity index (χ2v) is 15.8. The van der Waals surface area contributed by atoms with Gasteiger partial charge in [0.15, 0.2) is 0 Å². The van der Waals surface area contributed by atoms with E-state index in [2.05, 4.69) is 28.1 Å². The Morgan fingerprint density at radius 1 is 0.904 bits per heavy atom. The Kier molecular flexibility index (Phi) is 13.2. The van der Waals surface area contributed by atoms with E-state index in [1.54, 1.807) is 30.0 Å². The first-order valence-corrected chi connectivity index (χ1v) is 18.6. The highest BCUT2D eigenvalue weighted by Crippen LogP contribution is 2.33. The van der Waals surface area contributed by atoms with Crippen LogP contribution in [-0.2, 0) is 20.8 Å². The number of carbonyl (C=O) groups excluding carboxylic acids is 4. The van der Waals surface area contributed by atoms with Crippen LogP contribution in [-0.4, -0.2) is 81.7 Å². The number of aliphatic hydroxyl groups excluding tert-OH is 1. The quantitative estimate of drug-likeness (QED) is 0.136. The van der Waals surface area contributed by atoms with Crippen LogP contribution in [0.3, 0.4) is 0 Å². The predicted octanol–water partition coefficient (Wildman–Crippen LogP) is 4.44. The lowest BCUT2D eigenvalue weighted by Crippen LogP contribution is -2.59. The molecule has 4 unspecified atom stereocenters. The van der Waals surface area contributed by atoms with E-state index in [4.69, 9.17) is 5.73 Å². The summed E-state index contributed by atoms with van der Waals surface area (Å²) in [4.78, 5) is 55.9. The lowest BCUT2D eigenvalue weighted by atomic mass is 9.96. The van der Waals surface area contributed by atoms with Gasteiger partial charge in [-0.25, -0.2) is 0 Å². The summed E-state index contributed by atoms with van der Waals surface area (Å²) in [6.07, 6.45) is 0.219. The maximum Gasteiger partial charge on any atom is 0.257 e. The van der Waals surface area contributed by atoms with E-state index in [-0.39, 0.29) is 17.7 Å². The number of imide groups is 1. The Hall–Kier alpha value is -4.55. The number of hydrogen-bond acceptors (Lipinski definition) is 8. The highest BCUT2D eigenvalue weighted by Gasteiger charge is 2.37. The van der Waals surface area contributed by atoms with Crippen LogP contribution < -0.4 is 21.7 Å². The summed E-state index contributed by atoms with van der Waals surface area (Å²) >= 11 is 1.76. The topological polar surface area (TPSA) is 154 Å². The first-order valence-electron chi connectivity index (χ1n) is 17.7. The zero-order chi connectivity index (χ0) is 37.3. The second kappa shape index (κ2) is 17.8. The number of benzene rings is 4. The minimum Gasteiger partial charge on any atom is -0.390 e. The molecule has 1 heterocycles. The third kappa shape index (κ3) is 11.2. The van der Waals surface area contributed by atoms with Gasteiger partial charge in [0.05, 0.1) is 30.7 Å². The number of aliphatic hydroxyl groups is 1. The first kappa shape index (κ1) is 38.7. The van der Waals surface area contributed by atoms with Gasteiger partial charge in [0.25, 0.3) is 5.91 Å². The SMILES string of the molecule is CC(C)(C)NC(=O)C1CC(Sc2ccccc2)CCN1CC(O)C(Cc1ccccc1)NC(=O)[C@@H](N)CC(=O)NC(=O)c1ccc2ccccc2c1. The van der Waals surface area contributed by atoms with Crippen molar-refractivity contribution in [2.75, 3.05) is 13.1 Å². The zero-order valence-electron chi connectivity index (χ0n) is 30.0. The van der Waals surface area contributed by atoms with Crippen molar-refractivity contribution in [3.05, 3.63) is 114 Å². The van der Waals surface area contributed by atoms with Crippen LogP contribution >= 0.6 is 11.8 Å². The van der Waals surface area contributed by atoms with Gasteiger partial charge < -0.3 is 21.5 Å². The highest BCUT2D eigenvalue weighted by molar-refractivity contribution is 8.00. The summed E-state index contributed by atoms with van der Waals surface area (Å²) < 4.78 is 0. The van der Waals surface area contributed by atoms with E-state index in [0.29, 0.717) is 24.9 Å². The molecule has 4 aromatic carbocycles. The van der Waals surface area contributed by atoms with E-state index < -0.39 is 53.9 Å². The van der Waals surface area contributed by atoms with E-state index in [1.807, 2.05) is 98.5 Å². The molecule has 5 atom stereocenters. The van der Waals surface area contributed by atoms with Gasteiger partial charge in [-0.3, -0.25) is 29.4 Å². The Balaban J connectivity index is 1.24. The molecule has 6 N–H and O–H groups in total. The average molecular weight is 724 g/mol. The second-order valence-electron chi connectivity index (χ2n) is 14.4. The molecule has 274 valence electrons. The van der Waals surface area contributed by atoms with Gasteiger partial charge in [-0.1, -0.05) is 78.9 Å². The average Bonchev–Trinajstić information content (AvgIpc) is 3.11. The van der Waals surface area contributed by atoms with Crippen molar-refractivity contribution >= 4 is 46.2 Å². The van der Waals surface area contributed by atoms with Crippen LogP contribution in [0.5, 0.6) is 0 Å². The zero-order valence-corrected chi connectivity index (χ0v) is 30.8. The molecule has 52 heavy (non-hydrogen) atoms. The number of fused-ring (bicyclic) bond motifs is 1. The van der Waals surface area contributed by atoms with E-state index >= 15 is 0 Å². The molecule has 0 bridgehead atoms. The number of thioether (sulfide) groups is 1. The minimum atomic E-state index is -1.27. The maximum absolute atomic E-state index is 13.7. The lowest BCUT2D eigenvalue weighted by molar-refractivity contribution is -0.130. The third-order valence-corrected chi connectivity index (χ3v) is 10.3. The van der Waals surface area contributed by atoms with E-state index in [1.165, 1.54) is 0 Å². The number of nitrogens with one attached hydrogen (secondary N) is 3. The van der Waals surface area contributed by atoms with Crippen LogP contribution in [0.2, 0.25) is 0 Å². The number of carbonyl (C=O) groups is 4. The molecule has 1 fully saturated rings. The van der Waals surface area contributed by atoms with Crippen LogP contribution in [0.25, 0.3) is 10.8 Å². The van der Waals surface area contributed by atoms with Crippen molar-refractivity contribution in [2.24, 2.45) is 5.73 Å². The number of amides is 4. The molecule has 1 saturated heterocycles. The molecule has 0 radical (unpaired) electrons. The summed E-state index contributed by atoms with van der Waals surface area (Å²) in [5.74, 6) is -2.01. The van der Waals surface area contributed by atoms with E-state index in [0.717, 1.165) is 27.7 Å². The van der Waals surface area contributed by atoms with Crippen LogP contribution in [0.1, 0.15) is 56.0 Å². The molecular formula is C41H49N5O5S. The Morgan fingerprint density at radius 3 is 2.25 bits per heavy atom. The summed E-state index contributed by atoms with van der Waals surface area (Å²) in [6, 6.07) is 29.8. The van der Waals surface area contributed by atoms with Crippen LogP contribution in [0.4, 0.5) is 0 Å². The number of hydrogen-bond donors (Lipinski definition) is 5. The van der Waals surface area contributed by atoms with Gasteiger partial charge in [0.1, 0.15) is 0 Å². The molecular weight excluding hydrogens is 675 g/mol. The molecule has 0 aliphatic carbocycles. The minimum absolute atomic E-state index is 0.104. The lowest BCUT2D eigenvalue weighted by Gasteiger charge is -2.41. The number of rotatable bonds is 13. The molecule has 11 heteroatoms. The smallest absolute Gasteiger partial charge is 0.257 e. The molecule has 0 saturated carbocycles. The number of nitrogens with two attached hydrogens (primary N) is 1. The van der Waals surface area contributed by atoms with Gasteiger partial charge in [-0.05, 0) is 80.6 Å². The molecule has 5 rings (SSSR count). The third-order valence-electron chi connectivity index (χ3n) is 9.03. The first-order chi connectivity index (χ1) is 24.8. The van der Waals surface area contributed by atoms with Crippen molar-refractivity contribution in [1.82, 2.24) is 20.9 Å². The van der Waals surface area contributed by atoms with Crippen molar-refractivity contribution in [3.8, 4) is 0 Å². The number of likely N-dealkylation sites (tertiary alicyclic amines) is 1. The number of β-amino-alcohol motifs (C(OH)–C–C–N with tert-alkyl or cyclic N) is 1. The fourth-order valence-electron chi connectivity index (χ4n) is 6.41. The number of piperidine rings is 1. The van der Waals surface area contributed by atoms with Gasteiger partial charge >= 0.3 is 0 Å². The van der Waals surface area contributed by atoms with Gasteiger partial charge in [-0.15, -0.1) is 11.8 Å². The molecule has 10 nitrogen and oxygen atoms in total. The Labute approximate surface area is 309 Å². The maximum atomic E-state index is 13.7. The summed E-state index contributed by atoms with van der Waals surface area (Å²) in [5.41, 5.74) is 6.96. The summed E-state index contributed by atoms with van der Waals surface area (Å²) in [7, 11) is 0. The Morgan fingerprint density at radius 2 is 1.56 bits per heavy atom. The van der Waals surface area contributed by atoms with Gasteiger partial charge in [0, 0.05) is 34.3 Å².